The van der Waals surface area contributed by atoms with Gasteiger partial charge in [0.2, 0.25) is 0 Å². The molecule has 0 aliphatic carbocycles. The van der Waals surface area contributed by atoms with E-state index in [2.05, 4.69) is 5.92 Å². The Bertz CT molecular complexity index is 393. The van der Waals surface area contributed by atoms with Crippen molar-refractivity contribution >= 4 is 5.97 Å². The molecular weight excluding hydrogens is 187 g/mol. The van der Waals surface area contributed by atoms with Gasteiger partial charge in [0.05, 0.1) is 5.56 Å². The van der Waals surface area contributed by atoms with Gasteiger partial charge in [-0.05, 0) is 18.2 Å². The Balaban J connectivity index is 2.96. The number of hydrogen-bond donors (Lipinski definition) is 1. The molecule has 1 N–H and O–H groups in total. The SMILES string of the molecule is C#CCOc1ccc(F)c(C(=O)O)c1. The Kier molecular flexibility index (Phi) is 3.08. The second-order valence-electron chi connectivity index (χ2n) is 2.44. The fourth-order valence-electron chi connectivity index (χ4n) is 0.883. The van der Waals surface area contributed by atoms with Crippen LogP contribution in [-0.4, -0.2) is 17.7 Å². The zero-order valence-electron chi connectivity index (χ0n) is 7.16. The third-order valence-corrected chi connectivity index (χ3v) is 1.49. The largest absolute Gasteiger partial charge is 0.481 e. The molecule has 0 saturated carbocycles. The standard InChI is InChI=1S/C10H7FO3/c1-2-5-14-7-3-4-9(11)8(6-7)10(12)13/h1,3-4,6H,5H2,(H,12,13). The summed E-state index contributed by atoms with van der Waals surface area (Å²) in [5.74, 6) is 0.314. The van der Waals surface area contributed by atoms with Gasteiger partial charge in [0.15, 0.2) is 0 Å². The molecule has 72 valence electrons. The second-order valence-corrected chi connectivity index (χ2v) is 2.44. The van der Waals surface area contributed by atoms with Gasteiger partial charge in [-0.1, -0.05) is 5.92 Å². The number of ether oxygens (including phenoxy) is 1. The normalized spacial score (nSPS) is 9.14. The monoisotopic (exact) mass is 194 g/mol. The molecule has 0 radical (unpaired) electrons. The summed E-state index contributed by atoms with van der Waals surface area (Å²) in [4.78, 5) is 10.5. The maximum absolute atomic E-state index is 12.9. The van der Waals surface area contributed by atoms with Crippen LogP contribution >= 0.6 is 0 Å². The first kappa shape index (κ1) is 10.1. The summed E-state index contributed by atoms with van der Waals surface area (Å²) in [6, 6.07) is 3.43. The Morgan fingerprint density at radius 3 is 2.93 bits per heavy atom. The third-order valence-electron chi connectivity index (χ3n) is 1.49. The topological polar surface area (TPSA) is 46.5 Å². The van der Waals surface area contributed by atoms with E-state index in [0.29, 0.717) is 0 Å². The van der Waals surface area contributed by atoms with Crippen molar-refractivity contribution in [3.63, 3.8) is 0 Å². The Morgan fingerprint density at radius 2 is 2.36 bits per heavy atom. The highest BCUT2D eigenvalue weighted by Crippen LogP contribution is 2.16. The zero-order chi connectivity index (χ0) is 10.6. The fourth-order valence-corrected chi connectivity index (χ4v) is 0.883. The number of benzene rings is 1. The average molecular weight is 194 g/mol. The maximum Gasteiger partial charge on any atom is 0.338 e. The number of carboxylic acids is 1. The first-order chi connectivity index (χ1) is 6.65. The van der Waals surface area contributed by atoms with E-state index in [1.165, 1.54) is 6.07 Å². The molecule has 0 aliphatic heterocycles. The van der Waals surface area contributed by atoms with Crippen molar-refractivity contribution in [1.29, 1.82) is 0 Å². The number of carboxylic acid groups (broad SMARTS) is 1. The molecule has 1 rings (SSSR count). The highest BCUT2D eigenvalue weighted by atomic mass is 19.1. The number of hydrogen-bond acceptors (Lipinski definition) is 2. The number of aromatic carboxylic acids is 1. The van der Waals surface area contributed by atoms with Crippen molar-refractivity contribution in [2.45, 2.75) is 0 Å². The molecular formula is C10H7FO3. The van der Waals surface area contributed by atoms with Gasteiger partial charge in [-0.25, -0.2) is 9.18 Å². The molecule has 0 unspecified atom stereocenters. The van der Waals surface area contributed by atoms with Gasteiger partial charge in [-0.2, -0.15) is 0 Å². The van der Waals surface area contributed by atoms with Crippen LogP contribution in [0.3, 0.4) is 0 Å². The average Bonchev–Trinajstić information content (AvgIpc) is 2.16. The van der Waals surface area contributed by atoms with Gasteiger partial charge in [-0.15, -0.1) is 6.42 Å². The van der Waals surface area contributed by atoms with E-state index < -0.39 is 17.3 Å². The van der Waals surface area contributed by atoms with Crippen LogP contribution in [0.15, 0.2) is 18.2 Å². The highest BCUT2D eigenvalue weighted by Gasteiger charge is 2.10. The minimum Gasteiger partial charge on any atom is -0.481 e. The third kappa shape index (κ3) is 2.23. The predicted octanol–water partition coefficient (Wildman–Crippen LogP) is 1.54. The molecule has 0 amide bonds. The first-order valence-electron chi connectivity index (χ1n) is 3.74. The van der Waals surface area contributed by atoms with Crippen LogP contribution in [0, 0.1) is 18.2 Å². The van der Waals surface area contributed by atoms with Crippen LogP contribution in [0.1, 0.15) is 10.4 Å². The van der Waals surface area contributed by atoms with Gasteiger partial charge >= 0.3 is 5.97 Å². The van der Waals surface area contributed by atoms with E-state index in [1.807, 2.05) is 0 Å². The van der Waals surface area contributed by atoms with Crippen molar-refractivity contribution < 1.29 is 19.0 Å². The fraction of sp³-hybridized carbons (Fsp3) is 0.100. The molecule has 0 aliphatic rings. The lowest BCUT2D eigenvalue weighted by molar-refractivity contribution is 0.0691. The van der Waals surface area contributed by atoms with Crippen LogP contribution in [0.25, 0.3) is 0 Å². The quantitative estimate of drug-likeness (QED) is 0.742. The van der Waals surface area contributed by atoms with Crippen LogP contribution in [-0.2, 0) is 0 Å². The maximum atomic E-state index is 12.9. The van der Waals surface area contributed by atoms with E-state index >= 15 is 0 Å². The number of carbonyl (C=O) groups is 1. The molecule has 0 atom stereocenters. The smallest absolute Gasteiger partial charge is 0.338 e. The summed E-state index contributed by atoms with van der Waals surface area (Å²) < 4.78 is 17.8. The van der Waals surface area contributed by atoms with Crippen molar-refractivity contribution in [3.8, 4) is 18.1 Å². The molecule has 4 heteroatoms. The van der Waals surface area contributed by atoms with Crippen molar-refractivity contribution in [2.75, 3.05) is 6.61 Å². The molecule has 3 nitrogen and oxygen atoms in total. The van der Waals surface area contributed by atoms with Gasteiger partial charge in [0.25, 0.3) is 0 Å². The lowest BCUT2D eigenvalue weighted by Gasteiger charge is -2.03. The van der Waals surface area contributed by atoms with Gasteiger partial charge < -0.3 is 9.84 Å². The second kappa shape index (κ2) is 4.28. The van der Waals surface area contributed by atoms with Gasteiger partial charge in [0, 0.05) is 0 Å². The number of terminal acetylenes is 1. The molecule has 0 spiro atoms. The van der Waals surface area contributed by atoms with Crippen LogP contribution in [0.5, 0.6) is 5.75 Å². The van der Waals surface area contributed by atoms with E-state index in [9.17, 15) is 9.18 Å². The van der Waals surface area contributed by atoms with Gasteiger partial charge in [-0.3, -0.25) is 0 Å². The highest BCUT2D eigenvalue weighted by molar-refractivity contribution is 5.88. The Morgan fingerprint density at radius 1 is 1.64 bits per heavy atom. The predicted molar refractivity (Wildman–Crippen MR) is 47.7 cm³/mol. The molecule has 1 aromatic rings. The summed E-state index contributed by atoms with van der Waals surface area (Å²) in [5.41, 5.74) is -0.431. The summed E-state index contributed by atoms with van der Waals surface area (Å²) in [6.07, 6.45) is 4.94. The van der Waals surface area contributed by atoms with Crippen LogP contribution in [0.4, 0.5) is 4.39 Å². The Labute approximate surface area is 80.1 Å². The van der Waals surface area contributed by atoms with E-state index in [0.717, 1.165) is 12.1 Å². The summed E-state index contributed by atoms with van der Waals surface area (Å²) in [7, 11) is 0. The molecule has 0 heterocycles. The lowest BCUT2D eigenvalue weighted by atomic mass is 10.2. The molecule has 0 saturated heterocycles. The number of rotatable bonds is 3. The lowest BCUT2D eigenvalue weighted by Crippen LogP contribution is -2.02. The van der Waals surface area contributed by atoms with Gasteiger partial charge in [0.1, 0.15) is 18.2 Å². The number of halogens is 1. The first-order valence-corrected chi connectivity index (χ1v) is 3.74. The van der Waals surface area contributed by atoms with E-state index in [1.54, 1.807) is 0 Å². The Hall–Kier alpha value is -2.02. The molecule has 1 aromatic carbocycles. The van der Waals surface area contributed by atoms with Crippen molar-refractivity contribution in [2.24, 2.45) is 0 Å². The summed E-state index contributed by atoms with van der Waals surface area (Å²) >= 11 is 0. The molecule has 0 bridgehead atoms. The zero-order valence-corrected chi connectivity index (χ0v) is 7.16. The molecule has 0 fully saturated rings. The summed E-state index contributed by atoms with van der Waals surface area (Å²) in [5, 5.41) is 8.58. The van der Waals surface area contributed by atoms with Crippen LogP contribution < -0.4 is 4.74 Å². The van der Waals surface area contributed by atoms with Crippen LogP contribution in [0.2, 0.25) is 0 Å². The van der Waals surface area contributed by atoms with Crippen molar-refractivity contribution in [1.82, 2.24) is 0 Å². The summed E-state index contributed by atoms with van der Waals surface area (Å²) in [6.45, 7) is 0.0185. The minimum atomic E-state index is -1.34. The van der Waals surface area contributed by atoms with E-state index in [4.69, 9.17) is 16.3 Å². The minimum absolute atomic E-state index is 0.0185. The molecule has 0 aromatic heterocycles. The molecule has 14 heavy (non-hydrogen) atoms. The van der Waals surface area contributed by atoms with E-state index in [-0.39, 0.29) is 12.4 Å². The van der Waals surface area contributed by atoms with Crippen molar-refractivity contribution in [3.05, 3.63) is 29.6 Å².